The molecule has 0 aliphatic carbocycles. The zero-order valence-electron chi connectivity index (χ0n) is 17.8. The summed E-state index contributed by atoms with van der Waals surface area (Å²) in [5.74, 6) is -0.548. The van der Waals surface area contributed by atoms with E-state index in [1.807, 2.05) is 0 Å². The quantitative estimate of drug-likeness (QED) is 0.533. The molecule has 1 amide bonds. The van der Waals surface area contributed by atoms with E-state index in [-0.39, 0.29) is 36.0 Å². The van der Waals surface area contributed by atoms with Crippen molar-refractivity contribution < 1.29 is 26.4 Å². The van der Waals surface area contributed by atoms with Gasteiger partial charge in [0, 0.05) is 39.9 Å². The van der Waals surface area contributed by atoms with E-state index >= 15 is 0 Å². The first-order chi connectivity index (χ1) is 15.3. The van der Waals surface area contributed by atoms with Crippen molar-refractivity contribution in [3.8, 4) is 0 Å². The summed E-state index contributed by atoms with van der Waals surface area (Å²) in [7, 11) is -6.33. The summed E-state index contributed by atoms with van der Waals surface area (Å²) in [6.45, 7) is 0.245. The molecule has 0 unspecified atom stereocenters. The van der Waals surface area contributed by atoms with Crippen LogP contribution >= 0.6 is 0 Å². The van der Waals surface area contributed by atoms with E-state index in [9.17, 15) is 21.6 Å². The van der Waals surface area contributed by atoms with E-state index in [0.717, 1.165) is 4.31 Å². The van der Waals surface area contributed by atoms with Crippen LogP contribution in [0.25, 0.3) is 0 Å². The summed E-state index contributed by atoms with van der Waals surface area (Å²) in [5, 5.41) is 2.71. The van der Waals surface area contributed by atoms with Crippen molar-refractivity contribution in [2.75, 3.05) is 39.9 Å². The van der Waals surface area contributed by atoms with Crippen LogP contribution in [0, 0.1) is 0 Å². The molecule has 1 atom stereocenters. The maximum absolute atomic E-state index is 13.3. The standard InChI is InChI=1S/C21H27N3O6S2/c1-30-16-8-13-22-21(25)20-17-23(31(26,27)18-9-4-2-5-10-18)14-15-24(20)32(28,29)19-11-6-3-7-12-19/h2-7,9-12,20H,8,13-17H2,1H3,(H,22,25)/t20-/m0/s1. The number of ether oxygens (including phenoxy) is 1. The number of rotatable bonds is 9. The number of nitrogens with zero attached hydrogens (tertiary/aromatic N) is 2. The van der Waals surface area contributed by atoms with Crippen LogP contribution in [0.1, 0.15) is 6.42 Å². The normalized spacial score (nSPS) is 18.3. The molecule has 3 rings (SSSR count). The Hall–Kier alpha value is -2.31. The van der Waals surface area contributed by atoms with Crippen molar-refractivity contribution in [1.82, 2.24) is 13.9 Å². The molecule has 0 spiro atoms. The minimum Gasteiger partial charge on any atom is -0.385 e. The first kappa shape index (κ1) is 24.3. The highest BCUT2D eigenvalue weighted by atomic mass is 32.2. The molecule has 1 fully saturated rings. The molecule has 1 saturated heterocycles. The molecule has 174 valence electrons. The third kappa shape index (κ3) is 5.36. The van der Waals surface area contributed by atoms with Gasteiger partial charge in [-0.1, -0.05) is 36.4 Å². The lowest BCUT2D eigenvalue weighted by molar-refractivity contribution is -0.125. The molecule has 11 heteroatoms. The Morgan fingerprint density at radius 2 is 1.50 bits per heavy atom. The number of nitrogens with one attached hydrogen (secondary N) is 1. The van der Waals surface area contributed by atoms with Gasteiger partial charge in [0.25, 0.3) is 0 Å². The van der Waals surface area contributed by atoms with Crippen molar-refractivity contribution in [2.24, 2.45) is 0 Å². The van der Waals surface area contributed by atoms with Gasteiger partial charge in [-0.3, -0.25) is 4.79 Å². The average molecular weight is 482 g/mol. The number of carbonyl (C=O) groups is 1. The maximum atomic E-state index is 13.3. The van der Waals surface area contributed by atoms with E-state index in [1.165, 1.54) is 28.6 Å². The number of piperazine rings is 1. The van der Waals surface area contributed by atoms with E-state index in [4.69, 9.17) is 4.74 Å². The Morgan fingerprint density at radius 3 is 2.06 bits per heavy atom. The van der Waals surface area contributed by atoms with Crippen LogP contribution in [0.2, 0.25) is 0 Å². The van der Waals surface area contributed by atoms with Crippen LogP contribution in [0.5, 0.6) is 0 Å². The number of methoxy groups -OCH3 is 1. The van der Waals surface area contributed by atoms with E-state index in [1.54, 1.807) is 43.5 Å². The van der Waals surface area contributed by atoms with Crippen molar-refractivity contribution in [2.45, 2.75) is 22.3 Å². The van der Waals surface area contributed by atoms with Gasteiger partial charge < -0.3 is 10.1 Å². The zero-order chi connectivity index (χ0) is 23.2. The van der Waals surface area contributed by atoms with Crippen LogP contribution in [0.3, 0.4) is 0 Å². The number of carbonyl (C=O) groups excluding carboxylic acids is 1. The molecular formula is C21H27N3O6S2. The molecule has 1 aliphatic heterocycles. The third-order valence-electron chi connectivity index (χ3n) is 5.15. The highest BCUT2D eigenvalue weighted by Gasteiger charge is 2.43. The molecular weight excluding hydrogens is 454 g/mol. The van der Waals surface area contributed by atoms with E-state index in [2.05, 4.69) is 5.32 Å². The van der Waals surface area contributed by atoms with Gasteiger partial charge in [-0.25, -0.2) is 16.8 Å². The molecule has 1 N–H and O–H groups in total. The third-order valence-corrected chi connectivity index (χ3v) is 8.95. The molecule has 1 aliphatic rings. The van der Waals surface area contributed by atoms with Crippen LogP contribution < -0.4 is 5.32 Å². The first-order valence-corrected chi connectivity index (χ1v) is 13.0. The first-order valence-electron chi connectivity index (χ1n) is 10.2. The summed E-state index contributed by atoms with van der Waals surface area (Å²) < 4.78 is 59.9. The van der Waals surface area contributed by atoms with Gasteiger partial charge in [0.1, 0.15) is 6.04 Å². The van der Waals surface area contributed by atoms with Crippen molar-refractivity contribution in [1.29, 1.82) is 0 Å². The smallest absolute Gasteiger partial charge is 0.243 e. The molecule has 2 aromatic rings. The topological polar surface area (TPSA) is 113 Å². The van der Waals surface area contributed by atoms with E-state index in [0.29, 0.717) is 13.0 Å². The van der Waals surface area contributed by atoms with Gasteiger partial charge in [-0.15, -0.1) is 0 Å². The van der Waals surface area contributed by atoms with Gasteiger partial charge in [0.2, 0.25) is 26.0 Å². The number of hydrogen-bond acceptors (Lipinski definition) is 6. The van der Waals surface area contributed by atoms with Crippen molar-refractivity contribution >= 4 is 26.0 Å². The fourth-order valence-corrected chi connectivity index (χ4v) is 6.53. The molecule has 0 bridgehead atoms. The minimum absolute atomic E-state index is 0.0524. The number of amides is 1. The molecule has 1 heterocycles. The molecule has 0 saturated carbocycles. The largest absolute Gasteiger partial charge is 0.385 e. The summed E-state index contributed by atoms with van der Waals surface area (Å²) >= 11 is 0. The second kappa shape index (κ2) is 10.5. The molecule has 0 radical (unpaired) electrons. The van der Waals surface area contributed by atoms with Gasteiger partial charge >= 0.3 is 0 Å². The summed E-state index contributed by atoms with van der Waals surface area (Å²) in [5.41, 5.74) is 0. The Labute approximate surface area is 189 Å². The second-order valence-electron chi connectivity index (χ2n) is 7.26. The van der Waals surface area contributed by atoms with Gasteiger partial charge in [0.05, 0.1) is 9.79 Å². The molecule has 2 aromatic carbocycles. The Morgan fingerprint density at radius 1 is 0.938 bits per heavy atom. The summed E-state index contributed by atoms with van der Waals surface area (Å²) in [6.07, 6.45) is 0.548. The lowest BCUT2D eigenvalue weighted by Crippen LogP contribution is -2.61. The van der Waals surface area contributed by atoms with Crippen LogP contribution in [-0.4, -0.2) is 77.3 Å². The second-order valence-corrected chi connectivity index (χ2v) is 11.1. The highest BCUT2D eigenvalue weighted by molar-refractivity contribution is 7.89. The lowest BCUT2D eigenvalue weighted by Gasteiger charge is -2.38. The van der Waals surface area contributed by atoms with Crippen molar-refractivity contribution in [3.63, 3.8) is 0 Å². The zero-order valence-corrected chi connectivity index (χ0v) is 19.4. The van der Waals surface area contributed by atoms with Crippen LogP contribution in [0.15, 0.2) is 70.5 Å². The summed E-state index contributed by atoms with van der Waals surface area (Å²) in [6, 6.07) is 14.5. The predicted molar refractivity (Wildman–Crippen MR) is 119 cm³/mol. The fourth-order valence-electron chi connectivity index (χ4n) is 3.48. The molecule has 0 aromatic heterocycles. The predicted octanol–water partition coefficient (Wildman–Crippen LogP) is 0.903. The Balaban J connectivity index is 1.89. The van der Waals surface area contributed by atoms with Crippen LogP contribution in [0.4, 0.5) is 0 Å². The number of hydrogen-bond donors (Lipinski definition) is 1. The van der Waals surface area contributed by atoms with Crippen LogP contribution in [-0.2, 0) is 29.6 Å². The van der Waals surface area contributed by atoms with E-state index < -0.39 is 32.0 Å². The monoisotopic (exact) mass is 481 g/mol. The van der Waals surface area contributed by atoms with Gasteiger partial charge in [0.15, 0.2) is 0 Å². The number of sulfonamides is 2. The minimum atomic E-state index is -4.00. The molecule has 9 nitrogen and oxygen atoms in total. The SMILES string of the molecule is COCCCNC(=O)[C@@H]1CN(S(=O)(=O)c2ccccc2)CCN1S(=O)(=O)c1ccccc1. The average Bonchev–Trinajstić information content (AvgIpc) is 2.82. The van der Waals surface area contributed by atoms with Gasteiger partial charge in [-0.05, 0) is 30.7 Å². The summed E-state index contributed by atoms with van der Waals surface area (Å²) in [4.78, 5) is 13.1. The maximum Gasteiger partial charge on any atom is 0.243 e. The lowest BCUT2D eigenvalue weighted by atomic mass is 10.2. The number of benzene rings is 2. The van der Waals surface area contributed by atoms with Gasteiger partial charge in [-0.2, -0.15) is 8.61 Å². The Kier molecular flexibility index (Phi) is 8.01. The van der Waals surface area contributed by atoms with Crippen molar-refractivity contribution in [3.05, 3.63) is 60.7 Å². The Bertz CT molecular complexity index is 1110. The fraction of sp³-hybridized carbons (Fsp3) is 0.381. The molecule has 32 heavy (non-hydrogen) atoms. The highest BCUT2D eigenvalue weighted by Crippen LogP contribution is 2.25.